The first-order valence-electron chi connectivity index (χ1n) is 17.4. The number of rotatable bonds is 14. The SMILES string of the molecule is CCCN(CCC)C(=O)c1cc(C(=O)N[C@@H](Cc2ccccc2)[C@H](O)CNC2(c3cccc(C(C)(C)C)c3)CCCCC2)[nH]c(=O)c1. The van der Waals surface area contributed by atoms with E-state index in [0.29, 0.717) is 19.5 Å². The summed E-state index contributed by atoms with van der Waals surface area (Å²) < 4.78 is 0. The molecule has 4 rings (SSSR count). The second kappa shape index (κ2) is 16.4. The van der Waals surface area contributed by atoms with E-state index >= 15 is 0 Å². The fourth-order valence-electron chi connectivity index (χ4n) is 6.67. The molecule has 0 bridgehead atoms. The lowest BCUT2D eigenvalue weighted by molar-refractivity contribution is 0.0755. The molecule has 1 fully saturated rings. The Morgan fingerprint density at radius 2 is 1.62 bits per heavy atom. The highest BCUT2D eigenvalue weighted by Crippen LogP contribution is 2.38. The first-order chi connectivity index (χ1) is 22.5. The third-order valence-electron chi connectivity index (χ3n) is 9.33. The molecule has 0 spiro atoms. The smallest absolute Gasteiger partial charge is 0.268 e. The predicted octanol–water partition coefficient (Wildman–Crippen LogP) is 6.09. The fraction of sp³-hybridized carbons (Fsp3) is 0.513. The number of hydrogen-bond donors (Lipinski definition) is 4. The number of aromatic nitrogens is 1. The molecule has 1 saturated carbocycles. The highest BCUT2D eigenvalue weighted by Gasteiger charge is 2.36. The lowest BCUT2D eigenvalue weighted by Gasteiger charge is -2.41. The van der Waals surface area contributed by atoms with Gasteiger partial charge in [-0.15, -0.1) is 0 Å². The molecule has 0 saturated heterocycles. The summed E-state index contributed by atoms with van der Waals surface area (Å²) in [4.78, 5) is 43.9. The topological polar surface area (TPSA) is 115 Å². The second-order valence-electron chi connectivity index (χ2n) is 14.1. The zero-order chi connectivity index (χ0) is 34.0. The zero-order valence-electron chi connectivity index (χ0n) is 28.9. The Morgan fingerprint density at radius 1 is 0.936 bits per heavy atom. The quantitative estimate of drug-likeness (QED) is 0.170. The molecule has 2 atom stereocenters. The van der Waals surface area contributed by atoms with Crippen molar-refractivity contribution in [3.8, 4) is 0 Å². The Hall–Kier alpha value is -3.75. The van der Waals surface area contributed by atoms with Gasteiger partial charge in [0.05, 0.1) is 12.1 Å². The van der Waals surface area contributed by atoms with E-state index in [2.05, 4.69) is 60.7 Å². The minimum absolute atomic E-state index is 0.00485. The van der Waals surface area contributed by atoms with E-state index < -0.39 is 23.6 Å². The van der Waals surface area contributed by atoms with E-state index in [1.165, 1.54) is 29.7 Å². The van der Waals surface area contributed by atoms with Gasteiger partial charge in [-0.05, 0) is 60.3 Å². The summed E-state index contributed by atoms with van der Waals surface area (Å²) in [5, 5.41) is 18.5. The van der Waals surface area contributed by atoms with Crippen LogP contribution in [0.5, 0.6) is 0 Å². The van der Waals surface area contributed by atoms with Gasteiger partial charge in [-0.1, -0.05) is 108 Å². The van der Waals surface area contributed by atoms with Crippen LogP contribution in [-0.4, -0.2) is 58.6 Å². The molecule has 3 aromatic rings. The van der Waals surface area contributed by atoms with Crippen LogP contribution >= 0.6 is 0 Å². The molecular formula is C39H54N4O4. The molecule has 8 heteroatoms. The molecule has 8 nitrogen and oxygen atoms in total. The van der Waals surface area contributed by atoms with Crippen LogP contribution in [0.15, 0.2) is 71.5 Å². The fourth-order valence-corrected chi connectivity index (χ4v) is 6.67. The summed E-state index contributed by atoms with van der Waals surface area (Å²) in [7, 11) is 0. The van der Waals surface area contributed by atoms with Gasteiger partial charge in [0.15, 0.2) is 0 Å². The zero-order valence-corrected chi connectivity index (χ0v) is 28.9. The van der Waals surface area contributed by atoms with Crippen molar-refractivity contribution in [2.24, 2.45) is 0 Å². The minimum atomic E-state index is -0.926. The molecule has 0 aliphatic heterocycles. The van der Waals surface area contributed by atoms with Gasteiger partial charge in [0.25, 0.3) is 11.8 Å². The number of aliphatic hydroxyl groups is 1. The summed E-state index contributed by atoms with van der Waals surface area (Å²) in [6.45, 7) is 12.1. The first-order valence-corrected chi connectivity index (χ1v) is 17.4. The molecule has 1 heterocycles. The number of hydrogen-bond acceptors (Lipinski definition) is 5. The molecule has 1 aliphatic carbocycles. The number of carbonyl (C=O) groups is 2. The molecule has 2 amide bonds. The van der Waals surface area contributed by atoms with Gasteiger partial charge in [0, 0.05) is 36.8 Å². The summed E-state index contributed by atoms with van der Waals surface area (Å²) >= 11 is 0. The summed E-state index contributed by atoms with van der Waals surface area (Å²) in [5.74, 6) is -0.813. The molecule has 47 heavy (non-hydrogen) atoms. The van der Waals surface area contributed by atoms with Crippen LogP contribution in [0.4, 0.5) is 0 Å². The summed E-state index contributed by atoms with van der Waals surface area (Å²) in [6, 6.07) is 20.6. The Labute approximate surface area is 280 Å². The number of aromatic amines is 1. The maximum Gasteiger partial charge on any atom is 0.268 e. The summed E-state index contributed by atoms with van der Waals surface area (Å²) in [6.07, 6.45) is 6.38. The van der Waals surface area contributed by atoms with Crippen LogP contribution in [0.3, 0.4) is 0 Å². The van der Waals surface area contributed by atoms with Crippen LogP contribution < -0.4 is 16.2 Å². The predicted molar refractivity (Wildman–Crippen MR) is 189 cm³/mol. The van der Waals surface area contributed by atoms with Crippen molar-refractivity contribution in [3.05, 3.63) is 105 Å². The Bertz CT molecular complexity index is 1520. The summed E-state index contributed by atoms with van der Waals surface area (Å²) in [5.41, 5.74) is 2.88. The molecule has 1 aromatic heterocycles. The molecule has 254 valence electrons. The molecule has 0 unspecified atom stereocenters. The number of H-pyrrole nitrogens is 1. The van der Waals surface area contributed by atoms with E-state index in [0.717, 1.165) is 44.1 Å². The Kier molecular flexibility index (Phi) is 12.6. The monoisotopic (exact) mass is 642 g/mol. The lowest BCUT2D eigenvalue weighted by Crippen LogP contribution is -2.53. The maximum atomic E-state index is 13.7. The number of pyridine rings is 1. The van der Waals surface area contributed by atoms with E-state index in [1.54, 1.807) is 4.90 Å². The van der Waals surface area contributed by atoms with Crippen molar-refractivity contribution in [1.82, 2.24) is 20.5 Å². The average Bonchev–Trinajstić information content (AvgIpc) is 3.06. The van der Waals surface area contributed by atoms with Gasteiger partial charge < -0.3 is 25.6 Å². The van der Waals surface area contributed by atoms with Crippen molar-refractivity contribution >= 4 is 11.8 Å². The largest absolute Gasteiger partial charge is 0.390 e. The average molecular weight is 643 g/mol. The van der Waals surface area contributed by atoms with E-state index in [-0.39, 0.29) is 34.7 Å². The van der Waals surface area contributed by atoms with Gasteiger partial charge in [-0.3, -0.25) is 14.4 Å². The molecule has 2 aromatic carbocycles. The number of nitrogens with zero attached hydrogens (tertiary/aromatic N) is 1. The van der Waals surface area contributed by atoms with Crippen molar-refractivity contribution in [2.75, 3.05) is 19.6 Å². The lowest BCUT2D eigenvalue weighted by atomic mass is 9.74. The highest BCUT2D eigenvalue weighted by atomic mass is 16.3. The highest BCUT2D eigenvalue weighted by molar-refractivity contribution is 5.98. The number of benzene rings is 2. The van der Waals surface area contributed by atoms with Crippen molar-refractivity contribution in [1.29, 1.82) is 0 Å². The third kappa shape index (κ3) is 9.64. The van der Waals surface area contributed by atoms with E-state index in [9.17, 15) is 19.5 Å². The van der Waals surface area contributed by atoms with Crippen LogP contribution in [0, 0.1) is 0 Å². The maximum absolute atomic E-state index is 13.7. The van der Waals surface area contributed by atoms with Crippen molar-refractivity contribution in [3.63, 3.8) is 0 Å². The van der Waals surface area contributed by atoms with Crippen LogP contribution in [-0.2, 0) is 17.4 Å². The number of amides is 2. The van der Waals surface area contributed by atoms with E-state index in [4.69, 9.17) is 0 Å². The van der Waals surface area contributed by atoms with Crippen molar-refractivity contribution < 1.29 is 14.7 Å². The standard InChI is InChI=1S/C39H54N4O4/c1-6-21-43(22-7-2)37(47)29-24-33(41-35(45)25-29)36(46)42-32(23-28-15-10-8-11-16-28)34(44)27-40-39(19-12-9-13-20-39)31-18-14-17-30(26-31)38(3,4)5/h8,10-11,14-18,24-26,32,34,40,44H,6-7,9,12-13,19-23,27H2,1-5H3,(H,41,45)(H,42,46)/t32-,34+/m0/s1. The van der Waals surface area contributed by atoms with Gasteiger partial charge in [-0.25, -0.2) is 0 Å². The second-order valence-corrected chi connectivity index (χ2v) is 14.1. The van der Waals surface area contributed by atoms with Gasteiger partial charge >= 0.3 is 0 Å². The number of nitrogens with one attached hydrogen (secondary N) is 3. The minimum Gasteiger partial charge on any atom is -0.390 e. The molecule has 4 N–H and O–H groups in total. The molecule has 0 radical (unpaired) electrons. The van der Waals surface area contributed by atoms with Crippen LogP contribution in [0.25, 0.3) is 0 Å². The number of carbonyl (C=O) groups excluding carboxylic acids is 2. The molecule has 1 aliphatic rings. The number of aliphatic hydroxyl groups excluding tert-OH is 1. The van der Waals surface area contributed by atoms with E-state index in [1.807, 2.05) is 44.2 Å². The molecular weight excluding hydrogens is 588 g/mol. The Morgan fingerprint density at radius 3 is 2.26 bits per heavy atom. The van der Waals surface area contributed by atoms with Gasteiger partial charge in [-0.2, -0.15) is 0 Å². The van der Waals surface area contributed by atoms with Crippen LogP contribution in [0.1, 0.15) is 117 Å². The van der Waals surface area contributed by atoms with Gasteiger partial charge in [0.2, 0.25) is 5.56 Å². The van der Waals surface area contributed by atoms with Crippen molar-refractivity contribution in [2.45, 2.75) is 109 Å². The normalized spacial score (nSPS) is 15.9. The third-order valence-corrected chi connectivity index (χ3v) is 9.33. The van der Waals surface area contributed by atoms with Crippen LogP contribution in [0.2, 0.25) is 0 Å². The Balaban J connectivity index is 1.58. The van der Waals surface area contributed by atoms with Gasteiger partial charge in [0.1, 0.15) is 5.69 Å². The first kappa shape index (κ1) is 36.1.